The van der Waals surface area contributed by atoms with Crippen molar-refractivity contribution in [2.75, 3.05) is 7.11 Å². The number of hydrogen-bond acceptors (Lipinski definition) is 3. The normalized spacial score (nSPS) is 11.6. The van der Waals surface area contributed by atoms with E-state index < -0.39 is 0 Å². The topological polar surface area (TPSA) is 33.0 Å². The average Bonchev–Trinajstić information content (AvgIpc) is 3.08. The average molecular weight is 341 g/mol. The summed E-state index contributed by atoms with van der Waals surface area (Å²) in [5.41, 5.74) is 2.52. The molecular formula is C22H15NOS. The molecule has 4 rings (SSSR count). The van der Waals surface area contributed by atoms with Crippen LogP contribution in [-0.4, -0.2) is 7.11 Å². The fourth-order valence-corrected chi connectivity index (χ4v) is 4.04. The number of hydrogen-bond donors (Lipinski definition) is 0. The van der Waals surface area contributed by atoms with Crippen LogP contribution >= 0.6 is 11.3 Å². The zero-order chi connectivity index (χ0) is 17.2. The Kier molecular flexibility index (Phi) is 3.97. The van der Waals surface area contributed by atoms with Gasteiger partial charge in [-0.15, -0.1) is 11.3 Å². The summed E-state index contributed by atoms with van der Waals surface area (Å²) in [7, 11) is 1.64. The smallest absolute Gasteiger partial charge is 0.128 e. The first-order chi connectivity index (χ1) is 12.3. The molecule has 0 spiro atoms. The lowest BCUT2D eigenvalue weighted by atomic mass is 9.96. The van der Waals surface area contributed by atoms with Gasteiger partial charge in [0, 0.05) is 10.3 Å². The number of allylic oxidation sites excluding steroid dienone is 1. The number of nitrogens with zero attached hydrogens (tertiary/aromatic N) is 1. The summed E-state index contributed by atoms with van der Waals surface area (Å²) >= 11 is 1.69. The summed E-state index contributed by atoms with van der Waals surface area (Å²) in [6.07, 6.45) is 1.96. The van der Waals surface area contributed by atoms with E-state index in [9.17, 15) is 5.26 Å². The van der Waals surface area contributed by atoms with Crippen molar-refractivity contribution in [2.24, 2.45) is 0 Å². The molecule has 0 N–H and O–H groups in total. The Morgan fingerprint density at radius 1 is 1.00 bits per heavy atom. The third-order valence-electron chi connectivity index (χ3n) is 4.31. The van der Waals surface area contributed by atoms with Gasteiger partial charge in [-0.1, -0.05) is 48.5 Å². The number of nitriles is 1. The van der Waals surface area contributed by atoms with E-state index >= 15 is 0 Å². The second kappa shape index (κ2) is 6.43. The Morgan fingerprint density at radius 2 is 1.76 bits per heavy atom. The Morgan fingerprint density at radius 3 is 2.56 bits per heavy atom. The molecule has 0 amide bonds. The summed E-state index contributed by atoms with van der Waals surface area (Å²) in [5, 5.41) is 15.2. The van der Waals surface area contributed by atoms with Gasteiger partial charge >= 0.3 is 0 Å². The molecule has 4 aromatic rings. The molecule has 2 nitrogen and oxygen atoms in total. The van der Waals surface area contributed by atoms with Crippen molar-refractivity contribution in [3.8, 4) is 11.8 Å². The van der Waals surface area contributed by atoms with Crippen molar-refractivity contribution in [2.45, 2.75) is 0 Å². The van der Waals surface area contributed by atoms with E-state index in [0.29, 0.717) is 11.3 Å². The minimum Gasteiger partial charge on any atom is -0.496 e. The van der Waals surface area contributed by atoms with Crippen LogP contribution < -0.4 is 4.74 Å². The SMILES string of the molecule is COc1ccc2ccccc2c1/C(C#N)=C/c1csc2ccccc12. The molecule has 0 saturated heterocycles. The van der Waals surface area contributed by atoms with Gasteiger partial charge in [0.25, 0.3) is 0 Å². The first-order valence-electron chi connectivity index (χ1n) is 7.96. The molecule has 120 valence electrons. The van der Waals surface area contributed by atoms with E-state index in [4.69, 9.17) is 4.74 Å². The Labute approximate surface area is 150 Å². The minimum absolute atomic E-state index is 0.609. The lowest BCUT2D eigenvalue weighted by molar-refractivity contribution is 0.414. The highest BCUT2D eigenvalue weighted by Crippen LogP contribution is 2.36. The molecule has 0 saturated carbocycles. The van der Waals surface area contributed by atoms with Crippen LogP contribution in [0, 0.1) is 11.3 Å². The van der Waals surface area contributed by atoms with Gasteiger partial charge < -0.3 is 4.74 Å². The molecule has 3 heteroatoms. The third kappa shape index (κ3) is 2.67. The van der Waals surface area contributed by atoms with Crippen LogP contribution in [0.4, 0.5) is 0 Å². The summed E-state index contributed by atoms with van der Waals surface area (Å²) in [6.45, 7) is 0. The molecule has 0 aliphatic heterocycles. The first kappa shape index (κ1) is 15.4. The number of ether oxygens (including phenoxy) is 1. The van der Waals surface area contributed by atoms with E-state index in [1.807, 2.05) is 54.6 Å². The fourth-order valence-electron chi connectivity index (χ4n) is 3.13. The lowest BCUT2D eigenvalue weighted by Crippen LogP contribution is -1.92. The maximum Gasteiger partial charge on any atom is 0.128 e. The van der Waals surface area contributed by atoms with Crippen LogP contribution in [0.5, 0.6) is 5.75 Å². The van der Waals surface area contributed by atoms with Crippen molar-refractivity contribution in [1.29, 1.82) is 5.26 Å². The molecule has 0 aliphatic carbocycles. The predicted molar refractivity (Wildman–Crippen MR) is 106 cm³/mol. The first-order valence-corrected chi connectivity index (χ1v) is 8.84. The monoisotopic (exact) mass is 341 g/mol. The minimum atomic E-state index is 0.609. The summed E-state index contributed by atoms with van der Waals surface area (Å²) in [6, 6.07) is 22.6. The van der Waals surface area contributed by atoms with Gasteiger partial charge in [0.05, 0.1) is 18.8 Å². The second-order valence-corrected chi connectivity index (χ2v) is 6.63. The van der Waals surface area contributed by atoms with Crippen molar-refractivity contribution in [3.05, 3.63) is 77.2 Å². The lowest BCUT2D eigenvalue weighted by Gasteiger charge is -2.11. The molecule has 0 radical (unpaired) electrons. The van der Waals surface area contributed by atoms with Crippen molar-refractivity contribution in [1.82, 2.24) is 0 Å². The Hall–Kier alpha value is -3.09. The number of methoxy groups -OCH3 is 1. The number of benzene rings is 3. The van der Waals surface area contributed by atoms with Crippen molar-refractivity contribution >= 4 is 43.8 Å². The molecule has 0 bridgehead atoms. The van der Waals surface area contributed by atoms with Gasteiger partial charge in [-0.3, -0.25) is 0 Å². The summed E-state index contributed by atoms with van der Waals surface area (Å²) in [4.78, 5) is 0. The van der Waals surface area contributed by atoms with Crippen LogP contribution in [-0.2, 0) is 0 Å². The summed E-state index contributed by atoms with van der Waals surface area (Å²) in [5.74, 6) is 0.714. The third-order valence-corrected chi connectivity index (χ3v) is 5.29. The van der Waals surface area contributed by atoms with Crippen LogP contribution in [0.2, 0.25) is 0 Å². The number of thiophene rings is 1. The zero-order valence-corrected chi connectivity index (χ0v) is 14.5. The van der Waals surface area contributed by atoms with Gasteiger partial charge in [0.2, 0.25) is 0 Å². The highest BCUT2D eigenvalue weighted by Gasteiger charge is 2.14. The molecule has 0 unspecified atom stereocenters. The molecular weight excluding hydrogens is 326 g/mol. The van der Waals surface area contributed by atoms with Crippen LogP contribution in [0.3, 0.4) is 0 Å². The van der Waals surface area contributed by atoms with Gasteiger partial charge in [-0.05, 0) is 45.3 Å². The highest BCUT2D eigenvalue weighted by atomic mass is 32.1. The van der Waals surface area contributed by atoms with Crippen LogP contribution in [0.1, 0.15) is 11.1 Å². The van der Waals surface area contributed by atoms with Gasteiger partial charge in [-0.25, -0.2) is 0 Å². The molecule has 0 fully saturated rings. The van der Waals surface area contributed by atoms with Crippen LogP contribution in [0.25, 0.3) is 32.5 Å². The predicted octanol–water partition coefficient (Wildman–Crippen LogP) is 6.13. The van der Waals surface area contributed by atoms with E-state index in [0.717, 1.165) is 21.9 Å². The van der Waals surface area contributed by atoms with Gasteiger partial charge in [0.15, 0.2) is 0 Å². The number of rotatable bonds is 3. The molecule has 1 heterocycles. The second-order valence-electron chi connectivity index (χ2n) is 5.72. The van der Waals surface area contributed by atoms with E-state index in [1.165, 1.54) is 10.1 Å². The van der Waals surface area contributed by atoms with Gasteiger partial charge in [0.1, 0.15) is 5.75 Å². The maximum atomic E-state index is 9.86. The Bertz CT molecular complexity index is 1150. The molecule has 0 atom stereocenters. The van der Waals surface area contributed by atoms with Crippen molar-refractivity contribution in [3.63, 3.8) is 0 Å². The van der Waals surface area contributed by atoms with Gasteiger partial charge in [-0.2, -0.15) is 5.26 Å². The maximum absolute atomic E-state index is 9.86. The molecule has 0 aliphatic rings. The standard InChI is InChI=1S/C22H15NOS/c1-24-20-11-10-15-6-2-3-8-19(15)22(20)16(13-23)12-17-14-25-21-9-5-4-7-18(17)21/h2-12,14H,1H3/b16-12+. The molecule has 25 heavy (non-hydrogen) atoms. The summed E-state index contributed by atoms with van der Waals surface area (Å²) < 4.78 is 6.77. The van der Waals surface area contributed by atoms with E-state index in [-0.39, 0.29) is 0 Å². The quantitative estimate of drug-likeness (QED) is 0.420. The zero-order valence-electron chi connectivity index (χ0n) is 13.7. The fraction of sp³-hybridized carbons (Fsp3) is 0.0455. The van der Waals surface area contributed by atoms with E-state index in [1.54, 1.807) is 18.4 Å². The molecule has 3 aromatic carbocycles. The number of fused-ring (bicyclic) bond motifs is 2. The van der Waals surface area contributed by atoms with Crippen LogP contribution in [0.15, 0.2) is 66.0 Å². The largest absolute Gasteiger partial charge is 0.496 e. The van der Waals surface area contributed by atoms with Crippen molar-refractivity contribution < 1.29 is 4.74 Å². The highest BCUT2D eigenvalue weighted by molar-refractivity contribution is 7.17. The van der Waals surface area contributed by atoms with E-state index in [2.05, 4.69) is 23.6 Å². The Balaban J connectivity index is 1.98. The molecule has 1 aromatic heterocycles.